The van der Waals surface area contributed by atoms with Gasteiger partial charge in [0.05, 0.1) is 0 Å². The van der Waals surface area contributed by atoms with Crippen molar-refractivity contribution in [3.63, 3.8) is 0 Å². The first-order valence-corrected chi connectivity index (χ1v) is 11.1. The van der Waals surface area contributed by atoms with Gasteiger partial charge in [-0.25, -0.2) is 5.01 Å². The predicted molar refractivity (Wildman–Crippen MR) is 102 cm³/mol. The van der Waals surface area contributed by atoms with Crippen LogP contribution in [0.1, 0.15) is 65.7 Å². The standard InChI is InChI=1S/C19H36N4S/c1-12-9-15-14(17-13(2)24-18(20)22-17)11-21-23(15)16-7-5-4-6-8-19(16,3)10-12/h12-18,21-22H,4-11,20H2,1-3H3. The van der Waals surface area contributed by atoms with E-state index < -0.39 is 0 Å². The van der Waals surface area contributed by atoms with E-state index in [1.54, 1.807) is 0 Å². The van der Waals surface area contributed by atoms with Crippen LogP contribution in [-0.2, 0) is 0 Å². The molecule has 8 atom stereocenters. The molecule has 5 heteroatoms. The number of nitrogens with zero attached hydrogens (tertiary/aromatic N) is 1. The summed E-state index contributed by atoms with van der Waals surface area (Å²) in [6, 6.07) is 1.95. The van der Waals surface area contributed by atoms with E-state index in [0.717, 1.165) is 18.5 Å². The molecule has 0 spiro atoms. The number of nitrogens with one attached hydrogen (secondary N) is 2. The Morgan fingerprint density at radius 1 is 1.21 bits per heavy atom. The lowest BCUT2D eigenvalue weighted by molar-refractivity contribution is 0.0286. The minimum absolute atomic E-state index is 0.116. The van der Waals surface area contributed by atoms with Crippen molar-refractivity contribution in [1.29, 1.82) is 0 Å². The molecule has 4 nitrogen and oxygen atoms in total. The average Bonchev–Trinajstić information content (AvgIpc) is 2.95. The Bertz CT molecular complexity index is 461. The van der Waals surface area contributed by atoms with Crippen LogP contribution in [0.5, 0.6) is 0 Å². The summed E-state index contributed by atoms with van der Waals surface area (Å²) in [6.45, 7) is 8.56. The Morgan fingerprint density at radius 3 is 2.79 bits per heavy atom. The zero-order valence-electron chi connectivity index (χ0n) is 15.6. The summed E-state index contributed by atoms with van der Waals surface area (Å²) in [4.78, 5) is 0. The quantitative estimate of drug-likeness (QED) is 0.677. The first-order valence-electron chi connectivity index (χ1n) is 10.2. The van der Waals surface area contributed by atoms with Gasteiger partial charge >= 0.3 is 0 Å². The molecule has 3 heterocycles. The van der Waals surface area contributed by atoms with Gasteiger partial charge in [0.25, 0.3) is 0 Å². The van der Waals surface area contributed by atoms with Crippen molar-refractivity contribution in [2.24, 2.45) is 23.0 Å². The topological polar surface area (TPSA) is 53.3 Å². The maximum absolute atomic E-state index is 6.18. The van der Waals surface area contributed by atoms with Crippen molar-refractivity contribution >= 4 is 11.8 Å². The molecule has 1 aliphatic carbocycles. The minimum atomic E-state index is 0.116. The van der Waals surface area contributed by atoms with Crippen LogP contribution in [0.4, 0.5) is 0 Å². The summed E-state index contributed by atoms with van der Waals surface area (Å²) < 4.78 is 0. The van der Waals surface area contributed by atoms with Gasteiger partial charge in [-0.2, -0.15) is 0 Å². The van der Waals surface area contributed by atoms with Crippen LogP contribution in [0.3, 0.4) is 0 Å². The molecule has 0 aromatic rings. The lowest BCUT2D eigenvalue weighted by atomic mass is 9.72. The summed E-state index contributed by atoms with van der Waals surface area (Å²) in [5.41, 5.74) is 10.7. The fourth-order valence-corrected chi connectivity index (χ4v) is 7.53. The third-order valence-corrected chi connectivity index (χ3v) is 8.52. The molecule has 0 aromatic carbocycles. The smallest absolute Gasteiger partial charge is 0.103 e. The summed E-state index contributed by atoms with van der Waals surface area (Å²) in [7, 11) is 0. The van der Waals surface area contributed by atoms with E-state index in [4.69, 9.17) is 5.73 Å². The van der Waals surface area contributed by atoms with Gasteiger partial charge in [0.15, 0.2) is 0 Å². The Hall–Kier alpha value is 0.190. The van der Waals surface area contributed by atoms with Gasteiger partial charge in [0.2, 0.25) is 0 Å². The number of nitrogens with two attached hydrogens (primary N) is 1. The van der Waals surface area contributed by atoms with E-state index in [1.807, 2.05) is 11.8 Å². The Balaban J connectivity index is 1.60. The number of hydrogen-bond acceptors (Lipinski definition) is 5. The maximum Gasteiger partial charge on any atom is 0.103 e. The van der Waals surface area contributed by atoms with Crippen LogP contribution in [-0.4, -0.2) is 40.4 Å². The maximum atomic E-state index is 6.18. The van der Waals surface area contributed by atoms with E-state index in [1.165, 1.54) is 44.9 Å². The van der Waals surface area contributed by atoms with Gasteiger partial charge in [0, 0.05) is 35.8 Å². The molecule has 0 radical (unpaired) electrons. The number of thioether (sulfide) groups is 1. The molecule has 4 rings (SSSR count). The number of fused-ring (bicyclic) bond motifs is 3. The molecule has 3 aliphatic heterocycles. The molecule has 1 saturated carbocycles. The predicted octanol–water partition coefficient (Wildman–Crippen LogP) is 2.90. The second-order valence-electron chi connectivity index (χ2n) is 9.27. The Kier molecular flexibility index (Phi) is 4.93. The van der Waals surface area contributed by atoms with Crippen molar-refractivity contribution in [2.75, 3.05) is 6.54 Å². The molecule has 8 unspecified atom stereocenters. The van der Waals surface area contributed by atoms with Crippen molar-refractivity contribution in [2.45, 2.75) is 94.6 Å². The van der Waals surface area contributed by atoms with Crippen LogP contribution in [0.2, 0.25) is 0 Å². The number of hydrazine groups is 1. The summed E-state index contributed by atoms with van der Waals surface area (Å²) in [5.74, 6) is 1.51. The van der Waals surface area contributed by atoms with Gasteiger partial charge in [-0.1, -0.05) is 40.0 Å². The van der Waals surface area contributed by atoms with E-state index in [-0.39, 0.29) is 5.50 Å². The van der Waals surface area contributed by atoms with Crippen molar-refractivity contribution in [1.82, 2.24) is 15.8 Å². The van der Waals surface area contributed by atoms with Crippen molar-refractivity contribution in [3.8, 4) is 0 Å². The lowest BCUT2D eigenvalue weighted by Gasteiger charge is -2.42. The van der Waals surface area contributed by atoms with Gasteiger partial charge < -0.3 is 5.73 Å². The largest absolute Gasteiger partial charge is 0.307 e. The molecule has 4 fully saturated rings. The molecule has 0 aromatic heterocycles. The summed E-state index contributed by atoms with van der Waals surface area (Å²) in [6.07, 6.45) is 9.79. The van der Waals surface area contributed by atoms with Crippen LogP contribution in [0.25, 0.3) is 0 Å². The van der Waals surface area contributed by atoms with Crippen LogP contribution in [0, 0.1) is 17.3 Å². The van der Waals surface area contributed by atoms with Crippen LogP contribution >= 0.6 is 11.8 Å². The summed E-state index contributed by atoms with van der Waals surface area (Å²) in [5, 5.41) is 7.04. The zero-order valence-corrected chi connectivity index (χ0v) is 16.4. The highest BCUT2D eigenvalue weighted by molar-refractivity contribution is 8.00. The third kappa shape index (κ3) is 3.05. The lowest BCUT2D eigenvalue weighted by Crippen LogP contribution is -2.53. The number of hydrogen-bond donors (Lipinski definition) is 3. The molecule has 4 aliphatic rings. The normalized spacial score (nSPS) is 53.2. The van der Waals surface area contributed by atoms with Crippen LogP contribution < -0.4 is 16.5 Å². The molecule has 4 N–H and O–H groups in total. The molecule has 138 valence electrons. The number of rotatable bonds is 1. The van der Waals surface area contributed by atoms with Crippen molar-refractivity contribution in [3.05, 3.63) is 0 Å². The van der Waals surface area contributed by atoms with Crippen LogP contribution in [0.15, 0.2) is 0 Å². The Morgan fingerprint density at radius 2 is 2.04 bits per heavy atom. The van der Waals surface area contributed by atoms with Gasteiger partial charge in [-0.3, -0.25) is 10.7 Å². The fraction of sp³-hybridized carbons (Fsp3) is 1.00. The van der Waals surface area contributed by atoms with E-state index in [2.05, 4.69) is 36.5 Å². The first kappa shape index (κ1) is 17.6. The third-order valence-electron chi connectivity index (χ3n) is 7.37. The van der Waals surface area contributed by atoms with Gasteiger partial charge in [0.1, 0.15) is 5.50 Å². The highest BCUT2D eigenvalue weighted by Crippen LogP contribution is 2.49. The van der Waals surface area contributed by atoms with E-state index in [0.29, 0.717) is 28.7 Å². The van der Waals surface area contributed by atoms with Gasteiger partial charge in [-0.15, -0.1) is 11.8 Å². The van der Waals surface area contributed by atoms with E-state index in [9.17, 15) is 0 Å². The molecule has 24 heavy (non-hydrogen) atoms. The van der Waals surface area contributed by atoms with E-state index >= 15 is 0 Å². The molecule has 3 saturated heterocycles. The highest BCUT2D eigenvalue weighted by atomic mass is 32.2. The fourth-order valence-electron chi connectivity index (χ4n) is 6.38. The zero-order chi connectivity index (χ0) is 16.9. The second-order valence-corrected chi connectivity index (χ2v) is 10.8. The monoisotopic (exact) mass is 352 g/mol. The SMILES string of the molecule is CC1CC2C(C3NC(N)SC3C)CNN2C2CCCCCC2(C)C1. The second kappa shape index (κ2) is 6.73. The summed E-state index contributed by atoms with van der Waals surface area (Å²) >= 11 is 1.91. The molecular formula is C19H36N4S. The average molecular weight is 353 g/mol. The van der Waals surface area contributed by atoms with Crippen molar-refractivity contribution < 1.29 is 0 Å². The molecular weight excluding hydrogens is 316 g/mol. The Labute approximate surface area is 152 Å². The molecule has 0 amide bonds. The van der Waals surface area contributed by atoms with Gasteiger partial charge in [-0.05, 0) is 37.0 Å². The first-order chi connectivity index (χ1) is 11.5. The minimum Gasteiger partial charge on any atom is -0.307 e. The molecule has 0 bridgehead atoms. The highest BCUT2D eigenvalue weighted by Gasteiger charge is 2.52.